The lowest BCUT2D eigenvalue weighted by Gasteiger charge is -2.21. The summed E-state index contributed by atoms with van der Waals surface area (Å²) in [6, 6.07) is 12.2. The SMILES string of the molecule is CS(=O)(=O)c1cccc(NC2CCN(c3ccccc3Br)C2)c1[N+](=O)[O-]. The monoisotopic (exact) mass is 439 g/mol. The number of benzene rings is 2. The van der Waals surface area contributed by atoms with Gasteiger partial charge >= 0.3 is 5.69 Å². The fourth-order valence-electron chi connectivity index (χ4n) is 3.15. The van der Waals surface area contributed by atoms with Crippen molar-refractivity contribution in [2.24, 2.45) is 0 Å². The second kappa shape index (κ2) is 7.24. The van der Waals surface area contributed by atoms with Gasteiger partial charge in [0.05, 0.1) is 10.6 Å². The Balaban J connectivity index is 1.85. The fourth-order valence-corrected chi connectivity index (χ4v) is 4.55. The third-order valence-electron chi connectivity index (χ3n) is 4.32. The molecule has 1 N–H and O–H groups in total. The second-order valence-corrected chi connectivity index (χ2v) is 9.05. The number of nitrogens with zero attached hydrogens (tertiary/aromatic N) is 2. The first-order valence-corrected chi connectivity index (χ1v) is 10.7. The number of rotatable bonds is 5. The highest BCUT2D eigenvalue weighted by Crippen LogP contribution is 2.34. The smallest absolute Gasteiger partial charge is 0.310 e. The Labute approximate surface area is 160 Å². The number of para-hydroxylation sites is 2. The molecule has 3 rings (SSSR count). The van der Waals surface area contributed by atoms with E-state index in [1.165, 1.54) is 12.1 Å². The minimum absolute atomic E-state index is 0.0179. The molecule has 0 spiro atoms. The highest BCUT2D eigenvalue weighted by Gasteiger charge is 2.29. The number of sulfone groups is 1. The molecule has 0 aliphatic carbocycles. The highest BCUT2D eigenvalue weighted by molar-refractivity contribution is 9.10. The van der Waals surface area contributed by atoms with Gasteiger partial charge < -0.3 is 10.2 Å². The van der Waals surface area contributed by atoms with Crippen LogP contribution in [0.25, 0.3) is 0 Å². The summed E-state index contributed by atoms with van der Waals surface area (Å²) in [5.41, 5.74) is 0.905. The predicted molar refractivity (Wildman–Crippen MR) is 105 cm³/mol. The molecule has 9 heteroatoms. The van der Waals surface area contributed by atoms with Crippen LogP contribution < -0.4 is 10.2 Å². The van der Waals surface area contributed by atoms with Crippen LogP contribution in [0.3, 0.4) is 0 Å². The van der Waals surface area contributed by atoms with E-state index in [0.717, 1.165) is 29.4 Å². The molecule has 0 saturated carbocycles. The number of nitrogens with one attached hydrogen (secondary N) is 1. The van der Waals surface area contributed by atoms with Crippen molar-refractivity contribution in [1.82, 2.24) is 0 Å². The Morgan fingerprint density at radius 1 is 1.23 bits per heavy atom. The normalized spacial score (nSPS) is 17.3. The maximum atomic E-state index is 11.9. The molecule has 0 aromatic heterocycles. The highest BCUT2D eigenvalue weighted by atomic mass is 79.9. The molecular formula is C17H18BrN3O4S. The predicted octanol–water partition coefficient (Wildman–Crippen LogP) is 3.45. The molecule has 26 heavy (non-hydrogen) atoms. The van der Waals surface area contributed by atoms with Crippen LogP contribution >= 0.6 is 15.9 Å². The first-order chi connectivity index (χ1) is 12.3. The van der Waals surface area contributed by atoms with Crippen LogP contribution in [0.15, 0.2) is 51.8 Å². The van der Waals surface area contributed by atoms with E-state index >= 15 is 0 Å². The zero-order chi connectivity index (χ0) is 18.9. The minimum atomic E-state index is -3.69. The lowest BCUT2D eigenvalue weighted by atomic mass is 10.2. The quantitative estimate of drug-likeness (QED) is 0.566. The average molecular weight is 440 g/mol. The molecule has 1 atom stereocenters. The van der Waals surface area contributed by atoms with E-state index in [0.29, 0.717) is 6.54 Å². The van der Waals surface area contributed by atoms with Gasteiger partial charge in [0.25, 0.3) is 0 Å². The summed E-state index contributed by atoms with van der Waals surface area (Å²) in [6.07, 6.45) is 1.77. The zero-order valence-corrected chi connectivity index (χ0v) is 16.5. The van der Waals surface area contributed by atoms with Gasteiger partial charge in [0.15, 0.2) is 9.84 Å². The van der Waals surface area contributed by atoms with Crippen molar-refractivity contribution < 1.29 is 13.3 Å². The summed E-state index contributed by atoms with van der Waals surface area (Å²) < 4.78 is 24.7. The van der Waals surface area contributed by atoms with E-state index in [1.54, 1.807) is 6.07 Å². The second-order valence-electron chi connectivity index (χ2n) is 6.21. The molecule has 0 radical (unpaired) electrons. The van der Waals surface area contributed by atoms with Crippen LogP contribution in [-0.2, 0) is 9.84 Å². The van der Waals surface area contributed by atoms with E-state index in [1.807, 2.05) is 24.3 Å². The molecule has 1 heterocycles. The molecule has 0 amide bonds. The van der Waals surface area contributed by atoms with Gasteiger partial charge in [-0.3, -0.25) is 10.1 Å². The summed E-state index contributed by atoms with van der Waals surface area (Å²) >= 11 is 3.54. The van der Waals surface area contributed by atoms with Crippen LogP contribution in [0.2, 0.25) is 0 Å². The number of nitro groups is 1. The number of hydrogen-bond acceptors (Lipinski definition) is 6. The van der Waals surface area contributed by atoms with Crippen molar-refractivity contribution in [3.05, 3.63) is 57.1 Å². The Morgan fingerprint density at radius 2 is 1.96 bits per heavy atom. The van der Waals surface area contributed by atoms with Crippen molar-refractivity contribution in [3.8, 4) is 0 Å². The topological polar surface area (TPSA) is 92.6 Å². The van der Waals surface area contributed by atoms with Gasteiger partial charge in [-0.25, -0.2) is 8.42 Å². The summed E-state index contributed by atoms with van der Waals surface area (Å²) in [6.45, 7) is 1.47. The third-order valence-corrected chi connectivity index (χ3v) is 6.12. The molecule has 1 unspecified atom stereocenters. The lowest BCUT2D eigenvalue weighted by molar-refractivity contribution is -0.386. The van der Waals surface area contributed by atoms with Crippen molar-refractivity contribution in [3.63, 3.8) is 0 Å². The fraction of sp³-hybridized carbons (Fsp3) is 0.294. The molecule has 138 valence electrons. The van der Waals surface area contributed by atoms with Crippen LogP contribution in [0, 0.1) is 10.1 Å². The van der Waals surface area contributed by atoms with E-state index < -0.39 is 20.4 Å². The Morgan fingerprint density at radius 3 is 2.62 bits per heavy atom. The number of hydrogen-bond donors (Lipinski definition) is 1. The molecule has 0 bridgehead atoms. The number of anilines is 2. The Bertz CT molecular complexity index is 949. The Kier molecular flexibility index (Phi) is 5.19. The van der Waals surface area contributed by atoms with Crippen LogP contribution in [0.5, 0.6) is 0 Å². The molecule has 2 aromatic rings. The van der Waals surface area contributed by atoms with E-state index in [-0.39, 0.29) is 16.6 Å². The maximum absolute atomic E-state index is 11.9. The van der Waals surface area contributed by atoms with Crippen LogP contribution in [0.4, 0.5) is 17.1 Å². The summed E-state index contributed by atoms with van der Waals surface area (Å²) in [5.74, 6) is 0. The number of nitro benzene ring substituents is 1. The molecular weight excluding hydrogens is 422 g/mol. The molecule has 1 aliphatic rings. The first kappa shape index (κ1) is 18.7. The van der Waals surface area contributed by atoms with Gasteiger partial charge in [0.2, 0.25) is 0 Å². The summed E-state index contributed by atoms with van der Waals surface area (Å²) in [5, 5.41) is 14.6. The first-order valence-electron chi connectivity index (χ1n) is 8.01. The minimum Gasteiger partial charge on any atom is -0.375 e. The van der Waals surface area contributed by atoms with E-state index in [9.17, 15) is 18.5 Å². The van der Waals surface area contributed by atoms with Gasteiger partial charge in [-0.15, -0.1) is 0 Å². The third kappa shape index (κ3) is 3.83. The molecule has 1 saturated heterocycles. The van der Waals surface area contributed by atoms with Gasteiger partial charge in [0.1, 0.15) is 10.6 Å². The summed E-state index contributed by atoms with van der Waals surface area (Å²) in [7, 11) is -3.69. The molecule has 1 fully saturated rings. The maximum Gasteiger partial charge on any atom is 0.310 e. The van der Waals surface area contributed by atoms with E-state index in [4.69, 9.17) is 0 Å². The molecule has 7 nitrogen and oxygen atoms in total. The van der Waals surface area contributed by atoms with Gasteiger partial charge in [0, 0.05) is 29.9 Å². The van der Waals surface area contributed by atoms with Gasteiger partial charge in [-0.05, 0) is 46.6 Å². The average Bonchev–Trinajstić information content (AvgIpc) is 3.02. The number of halogens is 1. The van der Waals surface area contributed by atoms with Crippen molar-refractivity contribution in [1.29, 1.82) is 0 Å². The molecule has 1 aliphatic heterocycles. The van der Waals surface area contributed by atoms with E-state index in [2.05, 4.69) is 26.1 Å². The zero-order valence-electron chi connectivity index (χ0n) is 14.1. The van der Waals surface area contributed by atoms with Crippen LogP contribution in [0.1, 0.15) is 6.42 Å². The van der Waals surface area contributed by atoms with Crippen molar-refractivity contribution in [2.75, 3.05) is 29.6 Å². The standard InChI is InChI=1S/C17H18BrN3O4S/c1-26(24,25)16-8-4-6-14(17(16)21(22)23)19-12-9-10-20(11-12)15-7-3-2-5-13(15)18/h2-8,12,19H,9-11H2,1H3. The van der Waals surface area contributed by atoms with Crippen molar-refractivity contribution in [2.45, 2.75) is 17.4 Å². The van der Waals surface area contributed by atoms with Crippen molar-refractivity contribution >= 4 is 42.8 Å². The van der Waals surface area contributed by atoms with Gasteiger partial charge in [-0.1, -0.05) is 18.2 Å². The van der Waals surface area contributed by atoms with Gasteiger partial charge in [-0.2, -0.15) is 0 Å². The van der Waals surface area contributed by atoms with Crippen LogP contribution in [-0.4, -0.2) is 38.7 Å². The lowest BCUT2D eigenvalue weighted by Crippen LogP contribution is -2.26. The molecule has 2 aromatic carbocycles. The Hall–Kier alpha value is -2.13. The summed E-state index contributed by atoms with van der Waals surface area (Å²) in [4.78, 5) is 12.8. The largest absolute Gasteiger partial charge is 0.375 e.